The molecule has 0 saturated heterocycles. The average Bonchev–Trinajstić information content (AvgIpc) is 2.16. The summed E-state index contributed by atoms with van der Waals surface area (Å²) in [7, 11) is 0. The fraction of sp³-hybridized carbons (Fsp3) is 0.200. The van der Waals surface area contributed by atoms with Crippen LogP contribution in [0.1, 0.15) is 22.3 Å². The summed E-state index contributed by atoms with van der Waals surface area (Å²) >= 11 is 2.90. The minimum absolute atomic E-state index is 0.230. The van der Waals surface area contributed by atoms with Crippen LogP contribution >= 0.6 is 15.9 Å². The molecule has 0 saturated carbocycles. The maximum atomic E-state index is 12.6. The number of halogens is 4. The summed E-state index contributed by atoms with van der Waals surface area (Å²) in [5.41, 5.74) is -1.50. The molecule has 0 N–H and O–H groups in total. The van der Waals surface area contributed by atoms with Gasteiger partial charge in [-0.25, -0.2) is 0 Å². The number of ketones is 1. The van der Waals surface area contributed by atoms with E-state index in [4.69, 9.17) is 5.26 Å². The van der Waals surface area contributed by atoms with Crippen molar-refractivity contribution in [3.8, 4) is 6.07 Å². The van der Waals surface area contributed by atoms with Crippen molar-refractivity contribution in [3.05, 3.63) is 33.8 Å². The summed E-state index contributed by atoms with van der Waals surface area (Å²) in [5.74, 6) is -0.831. The van der Waals surface area contributed by atoms with Gasteiger partial charge in [-0.2, -0.15) is 18.4 Å². The van der Waals surface area contributed by atoms with Crippen LogP contribution in [0.4, 0.5) is 13.2 Å². The van der Waals surface area contributed by atoms with Crippen molar-refractivity contribution in [3.63, 3.8) is 0 Å². The van der Waals surface area contributed by atoms with Crippen LogP contribution in [0.5, 0.6) is 0 Å². The topological polar surface area (TPSA) is 40.9 Å². The van der Waals surface area contributed by atoms with Crippen molar-refractivity contribution < 1.29 is 18.0 Å². The Kier molecular flexibility index (Phi) is 3.70. The van der Waals surface area contributed by atoms with Crippen LogP contribution < -0.4 is 0 Å². The van der Waals surface area contributed by atoms with Gasteiger partial charge < -0.3 is 0 Å². The van der Waals surface area contributed by atoms with Gasteiger partial charge in [0.05, 0.1) is 18.1 Å². The third-order valence-corrected chi connectivity index (χ3v) is 2.32. The number of benzene rings is 1. The van der Waals surface area contributed by atoms with E-state index in [2.05, 4.69) is 15.9 Å². The van der Waals surface area contributed by atoms with Gasteiger partial charge in [0.1, 0.15) is 0 Å². The molecular formula is C10H5BrF3NO. The maximum absolute atomic E-state index is 12.6. The molecule has 0 aliphatic heterocycles. The van der Waals surface area contributed by atoms with Crippen molar-refractivity contribution in [2.45, 2.75) is 12.6 Å². The molecule has 0 radical (unpaired) electrons. The molecule has 16 heavy (non-hydrogen) atoms. The fourth-order valence-corrected chi connectivity index (χ4v) is 1.52. The molecule has 1 aromatic carbocycles. The van der Waals surface area contributed by atoms with Gasteiger partial charge in [0.25, 0.3) is 0 Å². The van der Waals surface area contributed by atoms with Crippen molar-refractivity contribution in [2.24, 2.45) is 0 Å². The van der Waals surface area contributed by atoms with Crippen LogP contribution in [-0.2, 0) is 6.18 Å². The highest BCUT2D eigenvalue weighted by Crippen LogP contribution is 2.34. The zero-order valence-corrected chi connectivity index (χ0v) is 9.39. The minimum Gasteiger partial charge on any atom is -0.293 e. The molecule has 0 bridgehead atoms. The molecule has 0 fully saturated rings. The maximum Gasteiger partial charge on any atom is 0.417 e. The first-order valence-corrected chi connectivity index (χ1v) is 4.92. The third kappa shape index (κ3) is 2.83. The highest BCUT2D eigenvalue weighted by molar-refractivity contribution is 9.10. The molecular weight excluding hydrogens is 287 g/mol. The average molecular weight is 292 g/mol. The summed E-state index contributed by atoms with van der Waals surface area (Å²) in [6.07, 6.45) is -5.17. The quantitative estimate of drug-likeness (QED) is 0.782. The number of carbonyl (C=O) groups excluding carboxylic acids is 1. The Morgan fingerprint density at radius 3 is 2.56 bits per heavy atom. The summed E-state index contributed by atoms with van der Waals surface area (Å²) < 4.78 is 37.9. The van der Waals surface area contributed by atoms with Gasteiger partial charge in [-0.15, -0.1) is 0 Å². The molecule has 6 heteroatoms. The van der Waals surface area contributed by atoms with Crippen LogP contribution in [0.3, 0.4) is 0 Å². The van der Waals surface area contributed by atoms with Gasteiger partial charge in [-0.3, -0.25) is 4.79 Å². The Hall–Kier alpha value is -1.35. The van der Waals surface area contributed by atoms with E-state index in [1.165, 1.54) is 12.1 Å². The van der Waals surface area contributed by atoms with E-state index < -0.39 is 29.5 Å². The lowest BCUT2D eigenvalue weighted by molar-refractivity contribution is -0.137. The summed E-state index contributed by atoms with van der Waals surface area (Å²) in [4.78, 5) is 11.3. The molecule has 1 aromatic rings. The lowest BCUT2D eigenvalue weighted by Gasteiger charge is -2.11. The van der Waals surface area contributed by atoms with E-state index >= 15 is 0 Å². The molecule has 0 aliphatic rings. The minimum atomic E-state index is -4.61. The molecule has 0 spiro atoms. The Morgan fingerprint density at radius 1 is 1.44 bits per heavy atom. The van der Waals surface area contributed by atoms with E-state index in [1.807, 2.05) is 0 Å². The van der Waals surface area contributed by atoms with E-state index in [9.17, 15) is 18.0 Å². The molecule has 1 rings (SSSR count). The molecule has 0 unspecified atom stereocenters. The number of hydrogen-bond donors (Lipinski definition) is 0. The van der Waals surface area contributed by atoms with Gasteiger partial charge in [-0.05, 0) is 18.2 Å². The van der Waals surface area contributed by atoms with Crippen LogP contribution in [0.2, 0.25) is 0 Å². The fourth-order valence-electron chi connectivity index (χ4n) is 1.16. The number of nitrogens with zero attached hydrogens (tertiary/aromatic N) is 1. The standard InChI is InChI=1S/C10H5BrF3NO/c11-6-1-2-7(9(16)3-4-15)8(5-6)10(12,13)14/h1-2,5H,3H2. The second-order valence-corrected chi connectivity index (χ2v) is 3.86. The summed E-state index contributed by atoms with van der Waals surface area (Å²) in [5, 5.41) is 8.28. The monoisotopic (exact) mass is 291 g/mol. The number of rotatable bonds is 2. The molecule has 0 amide bonds. The second kappa shape index (κ2) is 4.66. The third-order valence-electron chi connectivity index (χ3n) is 1.83. The SMILES string of the molecule is N#CCC(=O)c1ccc(Br)cc1C(F)(F)F. The number of Topliss-reactive ketones (excluding diaryl/α,β-unsaturated/α-hetero) is 1. The highest BCUT2D eigenvalue weighted by atomic mass is 79.9. The second-order valence-electron chi connectivity index (χ2n) is 2.95. The Bertz CT molecular complexity index is 462. The molecule has 0 aliphatic carbocycles. The van der Waals surface area contributed by atoms with Gasteiger partial charge >= 0.3 is 6.18 Å². The van der Waals surface area contributed by atoms with Crippen molar-refractivity contribution >= 4 is 21.7 Å². The Morgan fingerprint density at radius 2 is 2.06 bits per heavy atom. The molecule has 0 heterocycles. The van der Waals surface area contributed by atoms with E-state index in [0.29, 0.717) is 0 Å². The predicted molar refractivity (Wildman–Crippen MR) is 53.7 cm³/mol. The smallest absolute Gasteiger partial charge is 0.293 e. The van der Waals surface area contributed by atoms with E-state index in [0.717, 1.165) is 12.1 Å². The molecule has 0 atom stereocenters. The van der Waals surface area contributed by atoms with E-state index in [-0.39, 0.29) is 4.47 Å². The first-order chi connectivity index (χ1) is 7.36. The largest absolute Gasteiger partial charge is 0.417 e. The molecule has 84 valence electrons. The van der Waals surface area contributed by atoms with Crippen LogP contribution in [0.15, 0.2) is 22.7 Å². The predicted octanol–water partition coefficient (Wildman–Crippen LogP) is 3.56. The lowest BCUT2D eigenvalue weighted by atomic mass is 10.0. The Labute approximate surface area is 97.8 Å². The number of nitriles is 1. The van der Waals surface area contributed by atoms with Gasteiger partial charge in [-0.1, -0.05) is 15.9 Å². The van der Waals surface area contributed by atoms with E-state index in [1.54, 1.807) is 0 Å². The zero-order chi connectivity index (χ0) is 12.3. The first-order valence-electron chi connectivity index (χ1n) is 4.13. The lowest BCUT2D eigenvalue weighted by Crippen LogP contribution is -2.12. The van der Waals surface area contributed by atoms with Crippen LogP contribution in [-0.4, -0.2) is 5.78 Å². The van der Waals surface area contributed by atoms with Crippen molar-refractivity contribution in [2.75, 3.05) is 0 Å². The van der Waals surface area contributed by atoms with Crippen LogP contribution in [0.25, 0.3) is 0 Å². The molecule has 2 nitrogen and oxygen atoms in total. The molecule has 0 aromatic heterocycles. The summed E-state index contributed by atoms with van der Waals surface area (Å²) in [6, 6.07) is 4.75. The summed E-state index contributed by atoms with van der Waals surface area (Å²) in [6.45, 7) is 0. The Balaban J connectivity index is 3.30. The number of carbonyl (C=O) groups is 1. The normalized spacial score (nSPS) is 10.9. The van der Waals surface area contributed by atoms with Crippen molar-refractivity contribution in [1.82, 2.24) is 0 Å². The number of hydrogen-bond acceptors (Lipinski definition) is 2. The van der Waals surface area contributed by atoms with Gasteiger partial charge in [0.2, 0.25) is 0 Å². The highest BCUT2D eigenvalue weighted by Gasteiger charge is 2.35. The first kappa shape index (κ1) is 12.7. The zero-order valence-electron chi connectivity index (χ0n) is 7.81. The van der Waals surface area contributed by atoms with Gasteiger partial charge in [0, 0.05) is 10.0 Å². The van der Waals surface area contributed by atoms with Crippen LogP contribution in [0, 0.1) is 11.3 Å². The van der Waals surface area contributed by atoms with Gasteiger partial charge in [0.15, 0.2) is 5.78 Å². The number of alkyl halides is 3. The van der Waals surface area contributed by atoms with Crippen molar-refractivity contribution in [1.29, 1.82) is 5.26 Å².